The molecule has 0 amide bonds. The molecule has 2 heteroatoms. The molecule has 0 aliphatic rings. The van der Waals surface area contributed by atoms with Gasteiger partial charge >= 0.3 is 0 Å². The summed E-state index contributed by atoms with van der Waals surface area (Å²) in [5.41, 5.74) is 1.12. The molecule has 0 unspecified atom stereocenters. The lowest BCUT2D eigenvalue weighted by Gasteiger charge is -2.01. The number of rotatable bonds is 3. The zero-order valence-electron chi connectivity index (χ0n) is 6.54. The molecular formula is C9H11S2. The van der Waals surface area contributed by atoms with Crippen LogP contribution in [0.1, 0.15) is 12.5 Å². The molecule has 0 aliphatic carbocycles. The standard InChI is InChI=1S/C9H11S2/c1-3-10-11-9-7-5-4-6-8(9)2/h4-7H,2-3H2,1H3. The van der Waals surface area contributed by atoms with Crippen molar-refractivity contribution in [2.45, 2.75) is 11.8 Å². The van der Waals surface area contributed by atoms with E-state index in [0.29, 0.717) is 0 Å². The maximum absolute atomic E-state index is 3.94. The summed E-state index contributed by atoms with van der Waals surface area (Å²) in [4.78, 5) is 1.28. The molecule has 0 saturated carbocycles. The highest BCUT2D eigenvalue weighted by atomic mass is 33.1. The summed E-state index contributed by atoms with van der Waals surface area (Å²) < 4.78 is 0. The van der Waals surface area contributed by atoms with E-state index < -0.39 is 0 Å². The second kappa shape index (κ2) is 4.73. The van der Waals surface area contributed by atoms with Gasteiger partial charge in [0.25, 0.3) is 0 Å². The van der Waals surface area contributed by atoms with E-state index in [-0.39, 0.29) is 0 Å². The lowest BCUT2D eigenvalue weighted by molar-refractivity contribution is 1.40. The third-order valence-corrected chi connectivity index (χ3v) is 3.77. The van der Waals surface area contributed by atoms with E-state index >= 15 is 0 Å². The largest absolute Gasteiger partial charge is 0.0892 e. The summed E-state index contributed by atoms with van der Waals surface area (Å²) in [5.74, 6) is 1.14. The minimum Gasteiger partial charge on any atom is -0.0892 e. The number of benzene rings is 1. The van der Waals surface area contributed by atoms with Crippen molar-refractivity contribution >= 4 is 21.6 Å². The van der Waals surface area contributed by atoms with Crippen molar-refractivity contribution in [1.29, 1.82) is 0 Å². The first kappa shape index (κ1) is 9.01. The summed E-state index contributed by atoms with van der Waals surface area (Å²) in [6, 6.07) is 8.21. The van der Waals surface area contributed by atoms with Gasteiger partial charge in [0.15, 0.2) is 0 Å². The Morgan fingerprint density at radius 1 is 1.36 bits per heavy atom. The lowest BCUT2D eigenvalue weighted by Crippen LogP contribution is -1.74. The Morgan fingerprint density at radius 2 is 2.09 bits per heavy atom. The Morgan fingerprint density at radius 3 is 2.73 bits per heavy atom. The molecule has 0 N–H and O–H groups in total. The Balaban J connectivity index is 2.62. The zero-order chi connectivity index (χ0) is 8.10. The fourth-order valence-electron chi connectivity index (χ4n) is 0.708. The van der Waals surface area contributed by atoms with Crippen molar-refractivity contribution in [3.05, 3.63) is 36.8 Å². The summed E-state index contributed by atoms with van der Waals surface area (Å²) in [6.07, 6.45) is 0. The molecule has 0 nitrogen and oxygen atoms in total. The van der Waals surface area contributed by atoms with Crippen LogP contribution in [-0.2, 0) is 0 Å². The molecule has 1 radical (unpaired) electrons. The van der Waals surface area contributed by atoms with Crippen LogP contribution in [-0.4, -0.2) is 5.75 Å². The molecule has 0 fully saturated rings. The predicted molar refractivity (Wildman–Crippen MR) is 54.9 cm³/mol. The maximum atomic E-state index is 3.94. The normalized spacial score (nSPS) is 10.0. The molecule has 1 aromatic carbocycles. The van der Waals surface area contributed by atoms with Gasteiger partial charge in [0.1, 0.15) is 0 Å². The van der Waals surface area contributed by atoms with E-state index in [0.717, 1.165) is 11.3 Å². The number of hydrogen-bond acceptors (Lipinski definition) is 2. The summed E-state index contributed by atoms with van der Waals surface area (Å²) in [6.45, 7) is 6.10. The molecule has 1 rings (SSSR count). The van der Waals surface area contributed by atoms with Gasteiger partial charge in [0.05, 0.1) is 0 Å². The van der Waals surface area contributed by atoms with Crippen LogP contribution in [0.5, 0.6) is 0 Å². The van der Waals surface area contributed by atoms with Crippen LogP contribution in [0.15, 0.2) is 29.2 Å². The van der Waals surface area contributed by atoms with Crippen LogP contribution in [0, 0.1) is 6.92 Å². The molecule has 0 atom stereocenters. The minimum absolute atomic E-state index is 1.12. The van der Waals surface area contributed by atoms with Gasteiger partial charge in [0.2, 0.25) is 0 Å². The lowest BCUT2D eigenvalue weighted by atomic mass is 10.2. The van der Waals surface area contributed by atoms with Crippen LogP contribution in [0.4, 0.5) is 0 Å². The van der Waals surface area contributed by atoms with Crippen LogP contribution < -0.4 is 0 Å². The number of hydrogen-bond donors (Lipinski definition) is 0. The molecule has 1 aromatic rings. The van der Waals surface area contributed by atoms with Crippen molar-refractivity contribution in [2.24, 2.45) is 0 Å². The van der Waals surface area contributed by atoms with Gasteiger partial charge in [-0.2, -0.15) is 0 Å². The third-order valence-electron chi connectivity index (χ3n) is 1.24. The Labute approximate surface area is 76.2 Å². The van der Waals surface area contributed by atoms with Gasteiger partial charge in [-0.05, 0) is 18.6 Å². The third kappa shape index (κ3) is 2.80. The van der Waals surface area contributed by atoms with Crippen LogP contribution in [0.3, 0.4) is 0 Å². The van der Waals surface area contributed by atoms with E-state index in [4.69, 9.17) is 0 Å². The van der Waals surface area contributed by atoms with Crippen LogP contribution in [0.2, 0.25) is 0 Å². The van der Waals surface area contributed by atoms with Gasteiger partial charge in [0, 0.05) is 10.6 Å². The van der Waals surface area contributed by atoms with Gasteiger partial charge in [-0.15, -0.1) is 0 Å². The van der Waals surface area contributed by atoms with E-state index in [2.05, 4.69) is 19.9 Å². The van der Waals surface area contributed by atoms with Gasteiger partial charge in [-0.25, -0.2) is 0 Å². The van der Waals surface area contributed by atoms with Gasteiger partial charge in [-0.3, -0.25) is 0 Å². The van der Waals surface area contributed by atoms with Crippen molar-refractivity contribution in [1.82, 2.24) is 0 Å². The molecule has 0 aromatic heterocycles. The van der Waals surface area contributed by atoms with Crippen molar-refractivity contribution < 1.29 is 0 Å². The second-order valence-electron chi connectivity index (χ2n) is 2.10. The van der Waals surface area contributed by atoms with Crippen molar-refractivity contribution in [3.63, 3.8) is 0 Å². The smallest absolute Gasteiger partial charge is 0.0214 e. The van der Waals surface area contributed by atoms with E-state index in [1.807, 2.05) is 29.0 Å². The van der Waals surface area contributed by atoms with E-state index in [1.54, 1.807) is 10.8 Å². The van der Waals surface area contributed by atoms with Crippen LogP contribution >= 0.6 is 21.6 Å². The molecule has 0 bridgehead atoms. The fourth-order valence-corrected chi connectivity index (χ4v) is 2.48. The Kier molecular flexibility index (Phi) is 3.87. The average Bonchev–Trinajstić information content (AvgIpc) is 2.03. The average molecular weight is 183 g/mol. The molecule has 0 saturated heterocycles. The van der Waals surface area contributed by atoms with Crippen LogP contribution in [0.25, 0.3) is 0 Å². The first-order valence-electron chi connectivity index (χ1n) is 3.55. The van der Waals surface area contributed by atoms with E-state index in [9.17, 15) is 0 Å². The molecule has 0 spiro atoms. The monoisotopic (exact) mass is 183 g/mol. The zero-order valence-corrected chi connectivity index (χ0v) is 8.17. The highest BCUT2D eigenvalue weighted by Gasteiger charge is 1.95. The topological polar surface area (TPSA) is 0 Å². The summed E-state index contributed by atoms with van der Waals surface area (Å²) in [7, 11) is 3.65. The first-order chi connectivity index (χ1) is 5.34. The second-order valence-corrected chi connectivity index (χ2v) is 4.72. The molecule has 0 heterocycles. The molecular weight excluding hydrogens is 172 g/mol. The van der Waals surface area contributed by atoms with Gasteiger partial charge in [-0.1, -0.05) is 46.7 Å². The molecule has 11 heavy (non-hydrogen) atoms. The SMILES string of the molecule is [CH2]c1ccccc1SSCC. The predicted octanol–water partition coefficient (Wildman–Crippen LogP) is 3.63. The van der Waals surface area contributed by atoms with Gasteiger partial charge < -0.3 is 0 Å². The maximum Gasteiger partial charge on any atom is 0.0214 e. The quantitative estimate of drug-likeness (QED) is 0.656. The van der Waals surface area contributed by atoms with Crippen molar-refractivity contribution in [2.75, 3.05) is 5.75 Å². The Hall–Kier alpha value is -0.0800. The fraction of sp³-hybridized carbons (Fsp3) is 0.222. The minimum atomic E-state index is 1.12. The molecule has 59 valence electrons. The van der Waals surface area contributed by atoms with Crippen molar-refractivity contribution in [3.8, 4) is 0 Å². The summed E-state index contributed by atoms with van der Waals surface area (Å²) >= 11 is 0. The first-order valence-corrected chi connectivity index (χ1v) is 5.87. The molecule has 0 aliphatic heterocycles. The highest BCUT2D eigenvalue weighted by Crippen LogP contribution is 2.32. The summed E-state index contributed by atoms with van der Waals surface area (Å²) in [5, 5.41) is 0. The highest BCUT2D eigenvalue weighted by molar-refractivity contribution is 8.76. The van der Waals surface area contributed by atoms with E-state index in [1.165, 1.54) is 4.90 Å². The Bertz CT molecular complexity index is 221.